The smallest absolute Gasteiger partial charge is 0.235 e. The van der Waals surface area contributed by atoms with E-state index in [0.29, 0.717) is 6.54 Å². The summed E-state index contributed by atoms with van der Waals surface area (Å²) in [4.78, 5) is 26.3. The lowest BCUT2D eigenvalue weighted by Gasteiger charge is -2.21. The first-order valence-corrected chi connectivity index (χ1v) is 11.1. The van der Waals surface area contributed by atoms with Crippen LogP contribution in [-0.4, -0.2) is 33.1 Å². The van der Waals surface area contributed by atoms with Gasteiger partial charge in [-0.2, -0.15) is 0 Å². The second-order valence-electron chi connectivity index (χ2n) is 7.20. The Kier molecular flexibility index (Phi) is 5.38. The van der Waals surface area contributed by atoms with E-state index < -0.39 is 0 Å². The zero-order valence-electron chi connectivity index (χ0n) is 16.2. The number of aryl methyl sites for hydroxylation is 3. The van der Waals surface area contributed by atoms with Gasteiger partial charge in [-0.05, 0) is 56.4 Å². The molecule has 4 rings (SSSR count). The van der Waals surface area contributed by atoms with E-state index in [1.807, 2.05) is 19.9 Å². The topological polar surface area (TPSA) is 46.1 Å². The summed E-state index contributed by atoms with van der Waals surface area (Å²) in [5.74, 6) is 0.458. The van der Waals surface area contributed by atoms with Gasteiger partial charge in [0.1, 0.15) is 21.5 Å². The van der Waals surface area contributed by atoms with Gasteiger partial charge in [0.2, 0.25) is 5.91 Å². The molecule has 0 aliphatic heterocycles. The summed E-state index contributed by atoms with van der Waals surface area (Å²) in [7, 11) is 1.76. The van der Waals surface area contributed by atoms with E-state index >= 15 is 0 Å². The Morgan fingerprint density at radius 1 is 1.36 bits per heavy atom. The third-order valence-corrected chi connectivity index (χ3v) is 7.22. The second kappa shape index (κ2) is 7.79. The van der Waals surface area contributed by atoms with Crippen molar-refractivity contribution in [3.05, 3.63) is 51.9 Å². The zero-order valence-corrected chi connectivity index (χ0v) is 17.8. The highest BCUT2D eigenvalue weighted by atomic mass is 32.2. The lowest BCUT2D eigenvalue weighted by Crippen LogP contribution is -2.32. The zero-order chi connectivity index (χ0) is 19.8. The van der Waals surface area contributed by atoms with Crippen molar-refractivity contribution in [1.29, 1.82) is 0 Å². The summed E-state index contributed by atoms with van der Waals surface area (Å²) in [5.41, 5.74) is 2.15. The van der Waals surface area contributed by atoms with Gasteiger partial charge >= 0.3 is 0 Å². The fourth-order valence-electron chi connectivity index (χ4n) is 3.66. The Morgan fingerprint density at radius 2 is 2.18 bits per heavy atom. The van der Waals surface area contributed by atoms with E-state index in [4.69, 9.17) is 0 Å². The van der Waals surface area contributed by atoms with Gasteiger partial charge in [-0.15, -0.1) is 11.3 Å². The Morgan fingerprint density at radius 3 is 2.96 bits per heavy atom. The van der Waals surface area contributed by atoms with E-state index in [2.05, 4.69) is 9.97 Å². The van der Waals surface area contributed by atoms with E-state index in [1.165, 1.54) is 40.8 Å². The quantitative estimate of drug-likeness (QED) is 0.445. The third-order valence-electron chi connectivity index (χ3n) is 4.96. The average molecular weight is 416 g/mol. The van der Waals surface area contributed by atoms with Crippen LogP contribution in [0.3, 0.4) is 0 Å². The molecule has 0 saturated carbocycles. The highest BCUT2D eigenvalue weighted by Gasteiger charge is 2.25. The Labute approximate surface area is 172 Å². The molecule has 1 aromatic carbocycles. The third kappa shape index (κ3) is 3.78. The average Bonchev–Trinajstić information content (AvgIpc) is 3.21. The van der Waals surface area contributed by atoms with Crippen molar-refractivity contribution in [2.75, 3.05) is 7.05 Å². The number of aromatic nitrogens is 2. The molecule has 1 aliphatic carbocycles. The molecule has 2 aromatic heterocycles. The summed E-state index contributed by atoms with van der Waals surface area (Å²) in [5, 5.41) is 1.76. The molecule has 7 heteroatoms. The Balaban J connectivity index is 1.54. The summed E-state index contributed by atoms with van der Waals surface area (Å²) in [6, 6.07) is 6.37. The number of thiophene rings is 1. The summed E-state index contributed by atoms with van der Waals surface area (Å²) in [6.07, 6.45) is 3.36. The van der Waals surface area contributed by atoms with Gasteiger partial charge in [0.05, 0.1) is 5.25 Å². The van der Waals surface area contributed by atoms with Crippen LogP contribution in [-0.2, 0) is 24.2 Å². The van der Waals surface area contributed by atoms with Crippen molar-refractivity contribution in [2.45, 2.75) is 49.9 Å². The van der Waals surface area contributed by atoms with Crippen molar-refractivity contribution in [3.63, 3.8) is 0 Å². The number of carbonyl (C=O) groups is 1. The fourth-order valence-corrected chi connectivity index (χ4v) is 6.17. The maximum absolute atomic E-state index is 13.4. The molecule has 3 aromatic rings. The first-order chi connectivity index (χ1) is 13.4. The fraction of sp³-hybridized carbons (Fsp3) is 0.381. The molecule has 0 N–H and O–H groups in total. The Hall–Kier alpha value is -1.99. The first kappa shape index (κ1) is 19.3. The Bertz CT molecular complexity index is 1050. The number of halogens is 1. The highest BCUT2D eigenvalue weighted by molar-refractivity contribution is 8.00. The predicted molar refractivity (Wildman–Crippen MR) is 112 cm³/mol. The van der Waals surface area contributed by atoms with Crippen LogP contribution in [0, 0.1) is 12.7 Å². The number of amides is 1. The minimum atomic E-state index is -0.286. The summed E-state index contributed by atoms with van der Waals surface area (Å²) >= 11 is 3.26. The van der Waals surface area contributed by atoms with Gasteiger partial charge in [-0.3, -0.25) is 4.79 Å². The molecule has 0 saturated heterocycles. The molecule has 0 fully saturated rings. The van der Waals surface area contributed by atoms with Crippen molar-refractivity contribution in [2.24, 2.45) is 0 Å². The van der Waals surface area contributed by atoms with Crippen molar-refractivity contribution in [1.82, 2.24) is 14.9 Å². The molecule has 1 atom stereocenters. The normalized spacial score (nSPS) is 14.3. The maximum atomic E-state index is 13.4. The number of nitrogens with zero attached hydrogens (tertiary/aromatic N) is 3. The minimum absolute atomic E-state index is 0.00514. The molecule has 0 unspecified atom stereocenters. The van der Waals surface area contributed by atoms with Crippen LogP contribution >= 0.6 is 23.1 Å². The largest absolute Gasteiger partial charge is 0.340 e. The van der Waals surface area contributed by atoms with Crippen LogP contribution < -0.4 is 0 Å². The molecule has 4 nitrogen and oxygen atoms in total. The SMILES string of the molecule is Cc1nc(S[C@@H](C)C(=O)N(C)Cc2cccc(F)c2)c2c3c(sc2n1)CCC3. The molecular formula is C21H22FN3OS2. The number of benzene rings is 1. The van der Waals surface area contributed by atoms with E-state index in [-0.39, 0.29) is 17.0 Å². The number of hydrogen-bond donors (Lipinski definition) is 0. The van der Waals surface area contributed by atoms with E-state index in [0.717, 1.165) is 39.5 Å². The van der Waals surface area contributed by atoms with Crippen LogP contribution in [0.15, 0.2) is 29.3 Å². The number of carbonyl (C=O) groups excluding carboxylic acids is 1. The van der Waals surface area contributed by atoms with Gasteiger partial charge in [-0.1, -0.05) is 23.9 Å². The van der Waals surface area contributed by atoms with Crippen molar-refractivity contribution in [3.8, 4) is 0 Å². The monoisotopic (exact) mass is 415 g/mol. The van der Waals surface area contributed by atoms with Gasteiger partial charge in [-0.25, -0.2) is 14.4 Å². The van der Waals surface area contributed by atoms with Gasteiger partial charge in [0.15, 0.2) is 0 Å². The first-order valence-electron chi connectivity index (χ1n) is 9.37. The molecule has 1 aliphatic rings. The van der Waals surface area contributed by atoms with Crippen LogP contribution in [0.5, 0.6) is 0 Å². The number of rotatable bonds is 5. The number of fused-ring (bicyclic) bond motifs is 3. The van der Waals surface area contributed by atoms with E-state index in [1.54, 1.807) is 29.4 Å². The summed E-state index contributed by atoms with van der Waals surface area (Å²) in [6.45, 7) is 4.19. The van der Waals surface area contributed by atoms with Gasteiger partial charge in [0.25, 0.3) is 0 Å². The van der Waals surface area contributed by atoms with Gasteiger partial charge in [0, 0.05) is 23.9 Å². The number of thioether (sulfide) groups is 1. The van der Waals surface area contributed by atoms with Crippen LogP contribution in [0.25, 0.3) is 10.2 Å². The molecule has 2 heterocycles. The standard InChI is InChI=1S/C21H22FN3OS2/c1-12(21(26)25(3)11-14-6-4-7-15(22)10-14)27-19-18-16-8-5-9-17(16)28-20(18)24-13(2)23-19/h4,6-7,10,12H,5,8-9,11H2,1-3H3/t12-/m0/s1. The van der Waals surface area contributed by atoms with Crippen LogP contribution in [0.2, 0.25) is 0 Å². The molecular weight excluding hydrogens is 393 g/mol. The lowest BCUT2D eigenvalue weighted by molar-refractivity contribution is -0.129. The molecule has 146 valence electrons. The molecule has 0 bridgehead atoms. The highest BCUT2D eigenvalue weighted by Crippen LogP contribution is 2.41. The van der Waals surface area contributed by atoms with Crippen LogP contribution in [0.1, 0.15) is 35.2 Å². The predicted octanol–water partition coefficient (Wildman–Crippen LogP) is 4.77. The minimum Gasteiger partial charge on any atom is -0.340 e. The molecule has 1 amide bonds. The summed E-state index contributed by atoms with van der Waals surface area (Å²) < 4.78 is 13.4. The lowest BCUT2D eigenvalue weighted by atomic mass is 10.2. The van der Waals surface area contributed by atoms with E-state index in [9.17, 15) is 9.18 Å². The molecule has 0 radical (unpaired) electrons. The molecule has 28 heavy (non-hydrogen) atoms. The number of hydrogen-bond acceptors (Lipinski definition) is 5. The van der Waals surface area contributed by atoms with Crippen molar-refractivity contribution < 1.29 is 9.18 Å². The second-order valence-corrected chi connectivity index (χ2v) is 9.61. The van der Waals surface area contributed by atoms with Crippen molar-refractivity contribution >= 4 is 39.2 Å². The van der Waals surface area contributed by atoms with Crippen LogP contribution in [0.4, 0.5) is 4.39 Å². The molecule has 0 spiro atoms. The van der Waals surface area contributed by atoms with Gasteiger partial charge < -0.3 is 4.90 Å². The maximum Gasteiger partial charge on any atom is 0.235 e.